The van der Waals surface area contributed by atoms with Crippen LogP contribution in [-0.2, 0) is 11.6 Å². The van der Waals surface area contributed by atoms with E-state index in [1.54, 1.807) is 18.2 Å². The highest BCUT2D eigenvalue weighted by molar-refractivity contribution is 9.10. The monoisotopic (exact) mass is 549 g/mol. The minimum Gasteiger partial charge on any atom is -0.505 e. The topological polar surface area (TPSA) is 72.4 Å². The molecule has 4 aromatic rings. The summed E-state index contributed by atoms with van der Waals surface area (Å²) in [5, 5.41) is 10.8. The van der Waals surface area contributed by atoms with E-state index >= 15 is 0 Å². The van der Waals surface area contributed by atoms with E-state index in [9.17, 15) is 27.9 Å². The van der Waals surface area contributed by atoms with E-state index in [0.717, 1.165) is 33.9 Å². The Bertz CT molecular complexity index is 1600. The summed E-state index contributed by atoms with van der Waals surface area (Å²) in [6, 6.07) is 11.2. The highest BCUT2D eigenvalue weighted by Gasteiger charge is 2.38. The van der Waals surface area contributed by atoms with Gasteiger partial charge in [0.25, 0.3) is 5.56 Å². The molecule has 0 fully saturated rings. The van der Waals surface area contributed by atoms with Crippen molar-refractivity contribution in [2.45, 2.75) is 35.2 Å². The zero-order valence-corrected chi connectivity index (χ0v) is 20.1. The van der Waals surface area contributed by atoms with Crippen molar-refractivity contribution in [2.75, 3.05) is 0 Å². The molecule has 2 aromatic carbocycles. The van der Waals surface area contributed by atoms with E-state index in [4.69, 9.17) is 4.42 Å². The lowest BCUT2D eigenvalue weighted by molar-refractivity contribution is -0.137. The number of hydrogen-bond acceptors (Lipinski definition) is 5. The van der Waals surface area contributed by atoms with Crippen LogP contribution in [0, 0.1) is 0 Å². The first-order valence-electron chi connectivity index (χ1n) is 10.0. The normalized spacial score (nSPS) is 14.3. The molecule has 10 heteroatoms. The van der Waals surface area contributed by atoms with Crippen LogP contribution in [-0.4, -0.2) is 9.67 Å². The number of aromatic hydroxyl groups is 1. The van der Waals surface area contributed by atoms with E-state index in [1.807, 2.05) is 19.9 Å². The van der Waals surface area contributed by atoms with Gasteiger partial charge in [0.1, 0.15) is 15.9 Å². The van der Waals surface area contributed by atoms with Crippen molar-refractivity contribution in [3.05, 3.63) is 90.6 Å². The van der Waals surface area contributed by atoms with Crippen LogP contribution in [0.4, 0.5) is 13.2 Å². The molecular formula is C24H15BrF3NO4S. The number of hydrogen-bond donors (Lipinski definition) is 1. The van der Waals surface area contributed by atoms with Crippen LogP contribution in [0.15, 0.2) is 76.8 Å². The molecule has 0 aliphatic carbocycles. The molecule has 0 bridgehead atoms. The zero-order chi connectivity index (χ0) is 24.6. The van der Waals surface area contributed by atoms with Gasteiger partial charge in [0, 0.05) is 26.5 Å². The fraction of sp³-hybridized carbons (Fsp3) is 0.167. The number of fused-ring (bicyclic) bond motifs is 4. The average Bonchev–Trinajstić information content (AvgIpc) is 2.97. The smallest absolute Gasteiger partial charge is 0.416 e. The number of rotatable bonds is 2. The van der Waals surface area contributed by atoms with Gasteiger partial charge in [-0.05, 0) is 48.0 Å². The summed E-state index contributed by atoms with van der Waals surface area (Å²) in [7, 11) is 0. The molecule has 0 unspecified atom stereocenters. The molecule has 0 saturated heterocycles. The molecular weight excluding hydrogens is 535 g/mol. The van der Waals surface area contributed by atoms with Crippen LogP contribution in [0.25, 0.3) is 16.7 Å². The molecule has 34 heavy (non-hydrogen) atoms. The Balaban J connectivity index is 1.69. The van der Waals surface area contributed by atoms with Gasteiger partial charge in [0.15, 0.2) is 5.75 Å². The maximum Gasteiger partial charge on any atom is 0.416 e. The maximum absolute atomic E-state index is 13.5. The fourth-order valence-electron chi connectivity index (χ4n) is 4.20. The molecule has 0 saturated carbocycles. The van der Waals surface area contributed by atoms with Crippen LogP contribution in [0.3, 0.4) is 0 Å². The number of pyridine rings is 1. The molecule has 2 aromatic heterocycles. The average molecular weight is 550 g/mol. The van der Waals surface area contributed by atoms with Crippen molar-refractivity contribution in [1.29, 1.82) is 0 Å². The molecule has 0 spiro atoms. The largest absolute Gasteiger partial charge is 0.505 e. The lowest BCUT2D eigenvalue weighted by Crippen LogP contribution is -2.24. The van der Waals surface area contributed by atoms with Crippen LogP contribution in [0.2, 0.25) is 0 Å². The first-order chi connectivity index (χ1) is 15.9. The zero-order valence-electron chi connectivity index (χ0n) is 17.7. The lowest BCUT2D eigenvalue weighted by Gasteiger charge is -2.20. The second-order valence-corrected chi connectivity index (χ2v) is 10.4. The molecule has 3 heterocycles. The highest BCUT2D eigenvalue weighted by atomic mass is 79.9. The summed E-state index contributed by atoms with van der Waals surface area (Å²) in [5.74, 6) is -0.570. The summed E-state index contributed by atoms with van der Waals surface area (Å²) >= 11 is 4.18. The Kier molecular flexibility index (Phi) is 5.04. The summed E-state index contributed by atoms with van der Waals surface area (Å²) in [4.78, 5) is 26.2. The quantitative estimate of drug-likeness (QED) is 0.321. The Morgan fingerprint density at radius 1 is 1.06 bits per heavy atom. The number of benzene rings is 2. The van der Waals surface area contributed by atoms with Crippen molar-refractivity contribution in [3.8, 4) is 11.4 Å². The van der Waals surface area contributed by atoms with Crippen LogP contribution in [0.1, 0.15) is 30.7 Å². The minimum atomic E-state index is -4.50. The summed E-state index contributed by atoms with van der Waals surface area (Å²) < 4.78 is 46.2. The number of alkyl halides is 3. The third kappa shape index (κ3) is 3.39. The Labute approximate surface area is 203 Å². The Morgan fingerprint density at radius 2 is 1.74 bits per heavy atom. The van der Waals surface area contributed by atoms with Gasteiger partial charge in [0.2, 0.25) is 0 Å². The number of halogens is 4. The van der Waals surface area contributed by atoms with Gasteiger partial charge in [-0.2, -0.15) is 13.2 Å². The van der Waals surface area contributed by atoms with Gasteiger partial charge in [0.05, 0.1) is 11.3 Å². The van der Waals surface area contributed by atoms with Gasteiger partial charge in [-0.1, -0.05) is 41.5 Å². The Morgan fingerprint density at radius 3 is 2.38 bits per heavy atom. The molecule has 1 N–H and O–H groups in total. The van der Waals surface area contributed by atoms with Gasteiger partial charge in [-0.25, -0.2) is 4.79 Å². The van der Waals surface area contributed by atoms with Crippen molar-refractivity contribution < 1.29 is 22.7 Å². The van der Waals surface area contributed by atoms with Gasteiger partial charge < -0.3 is 9.52 Å². The first kappa shape index (κ1) is 22.8. The molecule has 1 aliphatic rings. The Hall–Kier alpha value is -2.98. The van der Waals surface area contributed by atoms with Crippen molar-refractivity contribution in [3.63, 3.8) is 0 Å². The molecule has 174 valence electrons. The van der Waals surface area contributed by atoms with Gasteiger partial charge in [-0.15, -0.1) is 0 Å². The molecule has 5 nitrogen and oxygen atoms in total. The van der Waals surface area contributed by atoms with E-state index < -0.39 is 34.1 Å². The molecule has 0 atom stereocenters. The molecule has 5 rings (SSSR count). The summed E-state index contributed by atoms with van der Waals surface area (Å²) in [5.41, 5.74) is -0.790. The predicted octanol–water partition coefficient (Wildman–Crippen LogP) is 6.22. The minimum absolute atomic E-state index is 0.0598. The van der Waals surface area contributed by atoms with Crippen molar-refractivity contribution in [2.24, 2.45) is 0 Å². The van der Waals surface area contributed by atoms with Crippen LogP contribution >= 0.6 is 27.7 Å². The van der Waals surface area contributed by atoms with Crippen LogP contribution in [0.5, 0.6) is 5.75 Å². The van der Waals surface area contributed by atoms with Gasteiger partial charge >= 0.3 is 11.8 Å². The second-order valence-electron chi connectivity index (χ2n) is 8.39. The lowest BCUT2D eigenvalue weighted by atomic mass is 9.83. The van der Waals surface area contributed by atoms with E-state index in [-0.39, 0.29) is 20.8 Å². The van der Waals surface area contributed by atoms with E-state index in [0.29, 0.717) is 11.4 Å². The second kappa shape index (κ2) is 7.51. The predicted molar refractivity (Wildman–Crippen MR) is 125 cm³/mol. The van der Waals surface area contributed by atoms with E-state index in [1.165, 1.54) is 16.7 Å². The summed E-state index contributed by atoms with van der Waals surface area (Å²) in [6.07, 6.45) is -4.50. The molecule has 1 aliphatic heterocycles. The fourth-order valence-corrected chi connectivity index (χ4v) is 5.40. The van der Waals surface area contributed by atoms with Gasteiger partial charge in [-0.3, -0.25) is 9.36 Å². The SMILES string of the molecule is CC1(C)c2cc(Br)ccc2-n2c1cc1oc(=O)c(Sc3ccc(C(F)(F)F)cc3)c(O)c1c2=O. The molecule has 0 amide bonds. The van der Waals surface area contributed by atoms with Crippen LogP contribution < -0.4 is 11.2 Å². The van der Waals surface area contributed by atoms with Crippen molar-refractivity contribution >= 4 is 38.7 Å². The standard InChI is InChI=1S/C24H15BrF3NO4S/c1-23(2)14-9-12(25)5-8-15(14)29-17(23)10-16-18(21(29)31)19(30)20(22(32)33-16)34-13-6-3-11(4-7-13)24(26,27)28/h3-10,30H,1-2H3. The van der Waals surface area contributed by atoms with Crippen molar-refractivity contribution in [1.82, 2.24) is 4.57 Å². The molecule has 0 radical (unpaired) electrons. The highest BCUT2D eigenvalue weighted by Crippen LogP contribution is 2.44. The first-order valence-corrected chi connectivity index (χ1v) is 11.6. The van der Waals surface area contributed by atoms with E-state index in [2.05, 4.69) is 15.9 Å². The third-order valence-corrected chi connectivity index (χ3v) is 7.49. The number of nitrogens with zero attached hydrogens (tertiary/aromatic N) is 1. The summed E-state index contributed by atoms with van der Waals surface area (Å²) in [6.45, 7) is 3.88. The third-order valence-electron chi connectivity index (χ3n) is 5.93. The maximum atomic E-state index is 13.5. The number of aromatic nitrogens is 1.